The molecule has 0 bridgehead atoms. The van der Waals surface area contributed by atoms with E-state index in [2.05, 4.69) is 45.0 Å². The summed E-state index contributed by atoms with van der Waals surface area (Å²) in [5.74, 6) is -0.169. The lowest BCUT2D eigenvalue weighted by Crippen LogP contribution is -2.42. The highest BCUT2D eigenvalue weighted by atomic mass is 19.1. The molecule has 0 aliphatic carbocycles. The maximum absolute atomic E-state index is 13.1. The summed E-state index contributed by atoms with van der Waals surface area (Å²) in [6.45, 7) is 11.0. The number of halogens is 1. The van der Waals surface area contributed by atoms with Crippen LogP contribution >= 0.6 is 0 Å². The average Bonchev–Trinajstić information content (AvgIpc) is 2.48. The molecular formula is C18H31FN2. The van der Waals surface area contributed by atoms with Crippen molar-refractivity contribution in [3.8, 4) is 0 Å². The van der Waals surface area contributed by atoms with Crippen LogP contribution in [-0.2, 0) is 0 Å². The summed E-state index contributed by atoms with van der Waals surface area (Å²) in [6.07, 6.45) is 3.27. The minimum Gasteiger partial charge on any atom is -0.310 e. The maximum atomic E-state index is 13.1. The molecule has 0 fully saturated rings. The van der Waals surface area contributed by atoms with Gasteiger partial charge in [0.1, 0.15) is 5.82 Å². The molecule has 0 aliphatic rings. The molecule has 0 aromatic heterocycles. The molecule has 1 N–H and O–H groups in total. The van der Waals surface area contributed by atoms with E-state index in [-0.39, 0.29) is 11.4 Å². The van der Waals surface area contributed by atoms with Gasteiger partial charge in [0.15, 0.2) is 0 Å². The van der Waals surface area contributed by atoms with Gasteiger partial charge in [0, 0.05) is 18.1 Å². The zero-order valence-electron chi connectivity index (χ0n) is 14.2. The van der Waals surface area contributed by atoms with E-state index in [0.29, 0.717) is 6.04 Å². The van der Waals surface area contributed by atoms with Gasteiger partial charge in [-0.05, 0) is 64.4 Å². The third-order valence-electron chi connectivity index (χ3n) is 4.56. The second-order valence-corrected chi connectivity index (χ2v) is 6.43. The van der Waals surface area contributed by atoms with Gasteiger partial charge in [-0.15, -0.1) is 0 Å². The first kappa shape index (κ1) is 18.1. The topological polar surface area (TPSA) is 15.3 Å². The van der Waals surface area contributed by atoms with Crippen molar-refractivity contribution in [2.75, 3.05) is 20.1 Å². The number of rotatable bonds is 9. The van der Waals surface area contributed by atoms with Gasteiger partial charge in [0.2, 0.25) is 0 Å². The van der Waals surface area contributed by atoms with E-state index in [0.717, 1.165) is 32.4 Å². The Balaban J connectivity index is 2.68. The van der Waals surface area contributed by atoms with Crippen LogP contribution in [0, 0.1) is 5.82 Å². The van der Waals surface area contributed by atoms with Gasteiger partial charge < -0.3 is 10.2 Å². The number of nitrogens with zero attached hydrogens (tertiary/aromatic N) is 1. The van der Waals surface area contributed by atoms with Crippen molar-refractivity contribution in [1.29, 1.82) is 0 Å². The van der Waals surface area contributed by atoms with Crippen LogP contribution in [0.2, 0.25) is 0 Å². The van der Waals surface area contributed by atoms with Crippen LogP contribution in [0.15, 0.2) is 24.3 Å². The third-order valence-corrected chi connectivity index (χ3v) is 4.56. The highest BCUT2D eigenvalue weighted by molar-refractivity contribution is 5.20. The lowest BCUT2D eigenvalue weighted by atomic mass is 9.98. The van der Waals surface area contributed by atoms with Gasteiger partial charge in [-0.2, -0.15) is 0 Å². The molecule has 0 amide bonds. The summed E-state index contributed by atoms with van der Waals surface area (Å²) in [6, 6.07) is 7.19. The van der Waals surface area contributed by atoms with Crippen molar-refractivity contribution in [2.24, 2.45) is 0 Å². The van der Waals surface area contributed by atoms with Crippen LogP contribution in [-0.4, -0.2) is 30.6 Å². The molecule has 0 aliphatic heterocycles. The smallest absolute Gasteiger partial charge is 0.123 e. The van der Waals surface area contributed by atoms with Crippen LogP contribution in [0.4, 0.5) is 4.39 Å². The molecule has 1 rings (SSSR count). The zero-order valence-corrected chi connectivity index (χ0v) is 14.2. The maximum Gasteiger partial charge on any atom is 0.123 e. The van der Waals surface area contributed by atoms with E-state index in [1.165, 1.54) is 5.56 Å². The lowest BCUT2D eigenvalue weighted by molar-refractivity contribution is 0.144. The Bertz CT molecular complexity index is 400. The van der Waals surface area contributed by atoms with Gasteiger partial charge in [0.25, 0.3) is 0 Å². The Hall–Kier alpha value is -0.930. The zero-order chi connectivity index (χ0) is 15.9. The molecule has 1 unspecified atom stereocenters. The van der Waals surface area contributed by atoms with Crippen molar-refractivity contribution in [3.63, 3.8) is 0 Å². The van der Waals surface area contributed by atoms with E-state index >= 15 is 0 Å². The Morgan fingerprint density at radius 1 is 1.19 bits per heavy atom. The van der Waals surface area contributed by atoms with E-state index < -0.39 is 0 Å². The van der Waals surface area contributed by atoms with E-state index in [1.54, 1.807) is 12.1 Å². The second-order valence-electron chi connectivity index (χ2n) is 6.43. The van der Waals surface area contributed by atoms with Crippen LogP contribution in [0.3, 0.4) is 0 Å². The third kappa shape index (κ3) is 5.76. The van der Waals surface area contributed by atoms with E-state index in [9.17, 15) is 4.39 Å². The van der Waals surface area contributed by atoms with Gasteiger partial charge >= 0.3 is 0 Å². The molecule has 1 aromatic rings. The average molecular weight is 294 g/mol. The Labute approximate surface area is 129 Å². The highest BCUT2D eigenvalue weighted by Gasteiger charge is 2.22. The summed E-state index contributed by atoms with van der Waals surface area (Å²) in [7, 11) is 2.19. The minimum absolute atomic E-state index is 0.169. The van der Waals surface area contributed by atoms with Gasteiger partial charge in [0.05, 0.1) is 0 Å². The van der Waals surface area contributed by atoms with Crippen LogP contribution in [0.5, 0.6) is 0 Å². The fourth-order valence-electron chi connectivity index (χ4n) is 2.30. The van der Waals surface area contributed by atoms with Gasteiger partial charge in [-0.1, -0.05) is 26.0 Å². The molecule has 3 heteroatoms. The number of hydrogen-bond donors (Lipinski definition) is 1. The quantitative estimate of drug-likeness (QED) is 0.727. The Morgan fingerprint density at radius 2 is 1.81 bits per heavy atom. The Morgan fingerprint density at radius 3 is 2.33 bits per heavy atom. The molecule has 120 valence electrons. The highest BCUT2D eigenvalue weighted by Crippen LogP contribution is 2.21. The second kappa shape index (κ2) is 8.50. The fourth-order valence-corrected chi connectivity index (χ4v) is 2.30. The monoisotopic (exact) mass is 294 g/mol. The molecule has 2 nitrogen and oxygen atoms in total. The van der Waals surface area contributed by atoms with E-state index in [4.69, 9.17) is 0 Å². The summed E-state index contributed by atoms with van der Waals surface area (Å²) >= 11 is 0. The van der Waals surface area contributed by atoms with Crippen molar-refractivity contribution in [2.45, 2.75) is 58.5 Å². The molecule has 1 aromatic carbocycles. The minimum atomic E-state index is -0.169. The molecular weight excluding hydrogens is 263 g/mol. The SMILES string of the molecule is CCCNC(CCN(C)C(C)(C)CC)c1ccc(F)cc1. The first-order chi connectivity index (χ1) is 9.90. The molecule has 0 saturated carbocycles. The number of nitrogens with one attached hydrogen (secondary N) is 1. The fraction of sp³-hybridized carbons (Fsp3) is 0.667. The molecule has 0 heterocycles. The number of benzene rings is 1. The van der Waals surface area contributed by atoms with Gasteiger partial charge in [-0.25, -0.2) is 4.39 Å². The molecule has 0 radical (unpaired) electrons. The molecule has 1 atom stereocenters. The molecule has 0 spiro atoms. The Kier molecular flexibility index (Phi) is 7.33. The van der Waals surface area contributed by atoms with Crippen molar-refractivity contribution >= 4 is 0 Å². The summed E-state index contributed by atoms with van der Waals surface area (Å²) in [5, 5.41) is 3.58. The van der Waals surface area contributed by atoms with Crippen LogP contribution in [0.25, 0.3) is 0 Å². The summed E-state index contributed by atoms with van der Waals surface area (Å²) in [4.78, 5) is 2.41. The molecule has 21 heavy (non-hydrogen) atoms. The van der Waals surface area contributed by atoms with Crippen molar-refractivity contribution in [3.05, 3.63) is 35.6 Å². The predicted molar refractivity (Wildman–Crippen MR) is 89.1 cm³/mol. The first-order valence-corrected chi connectivity index (χ1v) is 8.10. The van der Waals surface area contributed by atoms with E-state index in [1.807, 2.05) is 12.1 Å². The lowest BCUT2D eigenvalue weighted by Gasteiger charge is -2.36. The standard InChI is InChI=1S/C18H31FN2/c1-6-13-20-17(15-8-10-16(19)11-9-15)12-14-21(5)18(3,4)7-2/h8-11,17,20H,6-7,12-14H2,1-5H3. The first-order valence-electron chi connectivity index (χ1n) is 8.10. The summed E-state index contributed by atoms with van der Waals surface area (Å²) in [5.41, 5.74) is 1.39. The van der Waals surface area contributed by atoms with Crippen LogP contribution < -0.4 is 5.32 Å². The normalized spacial score (nSPS) is 13.7. The molecule has 0 saturated heterocycles. The number of hydrogen-bond acceptors (Lipinski definition) is 2. The van der Waals surface area contributed by atoms with Gasteiger partial charge in [-0.3, -0.25) is 0 Å². The van der Waals surface area contributed by atoms with Crippen LogP contribution in [0.1, 0.15) is 58.6 Å². The largest absolute Gasteiger partial charge is 0.310 e. The summed E-state index contributed by atoms with van der Waals surface area (Å²) < 4.78 is 13.1. The van der Waals surface area contributed by atoms with Crippen molar-refractivity contribution < 1.29 is 4.39 Å². The predicted octanol–water partition coefficient (Wildman–Crippen LogP) is 4.38. The van der Waals surface area contributed by atoms with Crippen molar-refractivity contribution in [1.82, 2.24) is 10.2 Å².